The molecule has 150 valence electrons. The molecule has 0 saturated carbocycles. The van der Waals surface area contributed by atoms with Gasteiger partial charge in [-0.25, -0.2) is 0 Å². The maximum Gasteiger partial charge on any atom is 0.417 e. The van der Waals surface area contributed by atoms with E-state index >= 15 is 0 Å². The van der Waals surface area contributed by atoms with Gasteiger partial charge in [-0.2, -0.15) is 13.2 Å². The van der Waals surface area contributed by atoms with Gasteiger partial charge in [0.15, 0.2) is 0 Å². The molecule has 0 spiro atoms. The van der Waals surface area contributed by atoms with Gasteiger partial charge in [-0.15, -0.1) is 0 Å². The van der Waals surface area contributed by atoms with Crippen LogP contribution in [0.5, 0.6) is 11.5 Å². The Kier molecular flexibility index (Phi) is 6.44. The van der Waals surface area contributed by atoms with Crippen LogP contribution >= 0.6 is 11.6 Å². The Morgan fingerprint density at radius 3 is 2.38 bits per heavy atom. The number of rotatable bonds is 6. The van der Waals surface area contributed by atoms with Gasteiger partial charge < -0.3 is 9.57 Å². The zero-order valence-electron chi connectivity index (χ0n) is 15.4. The minimum absolute atomic E-state index is 0.0746. The molecule has 0 N–H and O–H groups in total. The average molecular weight is 420 g/mol. The van der Waals surface area contributed by atoms with E-state index in [0.29, 0.717) is 11.5 Å². The number of para-hydroxylation sites is 1. The molecule has 0 radical (unpaired) electrons. The van der Waals surface area contributed by atoms with Crippen LogP contribution in [0.2, 0.25) is 5.02 Å². The van der Waals surface area contributed by atoms with Crippen LogP contribution in [0, 0.1) is 0 Å². The smallest absolute Gasteiger partial charge is 0.417 e. The molecule has 0 heterocycles. The average Bonchev–Trinajstić information content (AvgIpc) is 2.68. The Morgan fingerprint density at radius 2 is 1.66 bits per heavy atom. The van der Waals surface area contributed by atoms with Crippen molar-refractivity contribution in [3.63, 3.8) is 0 Å². The van der Waals surface area contributed by atoms with Crippen LogP contribution < -0.4 is 4.74 Å². The van der Waals surface area contributed by atoms with Gasteiger partial charge in [0.1, 0.15) is 18.1 Å². The molecular weight excluding hydrogens is 403 g/mol. The molecule has 0 saturated heterocycles. The van der Waals surface area contributed by atoms with Crippen molar-refractivity contribution < 1.29 is 22.7 Å². The normalized spacial score (nSPS) is 12.0. The molecule has 0 fully saturated rings. The van der Waals surface area contributed by atoms with E-state index in [1.807, 2.05) is 36.4 Å². The number of nitrogens with zero attached hydrogens (tertiary/aromatic N) is 1. The van der Waals surface area contributed by atoms with E-state index in [1.54, 1.807) is 18.2 Å². The number of ether oxygens (including phenoxy) is 1. The Bertz CT molecular complexity index is 1000. The van der Waals surface area contributed by atoms with Crippen LogP contribution in [0.3, 0.4) is 0 Å². The summed E-state index contributed by atoms with van der Waals surface area (Å²) in [5.74, 6) is 1.31. The van der Waals surface area contributed by atoms with Crippen LogP contribution in [-0.4, -0.2) is 5.71 Å². The van der Waals surface area contributed by atoms with Crippen molar-refractivity contribution in [2.75, 3.05) is 0 Å². The molecule has 3 aromatic carbocycles. The van der Waals surface area contributed by atoms with Gasteiger partial charge in [0, 0.05) is 10.6 Å². The van der Waals surface area contributed by atoms with Crippen LogP contribution in [0.25, 0.3) is 0 Å². The van der Waals surface area contributed by atoms with Gasteiger partial charge in [0.2, 0.25) is 0 Å². The van der Waals surface area contributed by atoms with Crippen molar-refractivity contribution in [2.45, 2.75) is 19.7 Å². The highest BCUT2D eigenvalue weighted by Crippen LogP contribution is 2.33. The topological polar surface area (TPSA) is 30.8 Å². The minimum atomic E-state index is -4.51. The summed E-state index contributed by atoms with van der Waals surface area (Å²) in [6.07, 6.45) is -4.51. The van der Waals surface area contributed by atoms with Gasteiger partial charge in [-0.3, -0.25) is 0 Å². The Balaban J connectivity index is 1.70. The first-order valence-electron chi connectivity index (χ1n) is 8.68. The number of alkyl halides is 3. The molecule has 29 heavy (non-hydrogen) atoms. The van der Waals surface area contributed by atoms with Gasteiger partial charge in [0.05, 0.1) is 11.3 Å². The third-order valence-electron chi connectivity index (χ3n) is 3.99. The monoisotopic (exact) mass is 419 g/mol. The van der Waals surface area contributed by atoms with Crippen LogP contribution in [-0.2, 0) is 17.6 Å². The highest BCUT2D eigenvalue weighted by molar-refractivity contribution is 6.31. The summed E-state index contributed by atoms with van der Waals surface area (Å²) in [5, 5.41) is 4.02. The summed E-state index contributed by atoms with van der Waals surface area (Å²) in [5.41, 5.74) is -0.0928. The van der Waals surface area contributed by atoms with Crippen molar-refractivity contribution in [3.8, 4) is 11.5 Å². The highest BCUT2D eigenvalue weighted by atomic mass is 35.5. The molecule has 0 aliphatic heterocycles. The lowest BCUT2D eigenvalue weighted by atomic mass is 10.0. The fourth-order valence-electron chi connectivity index (χ4n) is 2.64. The van der Waals surface area contributed by atoms with Crippen molar-refractivity contribution in [1.29, 1.82) is 0 Å². The maximum atomic E-state index is 13.2. The van der Waals surface area contributed by atoms with E-state index in [0.717, 1.165) is 11.6 Å². The molecule has 0 unspecified atom stereocenters. The Hall–Kier alpha value is -2.99. The third-order valence-corrected chi connectivity index (χ3v) is 4.22. The molecule has 0 atom stereocenters. The third kappa shape index (κ3) is 5.74. The van der Waals surface area contributed by atoms with Gasteiger partial charge in [-0.1, -0.05) is 47.1 Å². The first-order chi connectivity index (χ1) is 13.8. The predicted molar refractivity (Wildman–Crippen MR) is 106 cm³/mol. The second-order valence-electron chi connectivity index (χ2n) is 6.20. The molecule has 3 aromatic rings. The van der Waals surface area contributed by atoms with Crippen molar-refractivity contribution in [3.05, 3.63) is 94.5 Å². The molecule has 0 aliphatic rings. The quantitative estimate of drug-likeness (QED) is 0.315. The van der Waals surface area contributed by atoms with Crippen molar-refractivity contribution >= 4 is 17.3 Å². The van der Waals surface area contributed by atoms with Crippen molar-refractivity contribution in [1.82, 2.24) is 0 Å². The first kappa shape index (κ1) is 20.7. The molecule has 3 nitrogen and oxygen atoms in total. The molecule has 3 rings (SSSR count). The number of hydrogen-bond donors (Lipinski definition) is 0. The van der Waals surface area contributed by atoms with Crippen LogP contribution in [0.4, 0.5) is 13.2 Å². The molecule has 0 aromatic heterocycles. The Morgan fingerprint density at radius 1 is 0.931 bits per heavy atom. The summed E-state index contributed by atoms with van der Waals surface area (Å²) in [7, 11) is 0. The van der Waals surface area contributed by atoms with E-state index in [-0.39, 0.29) is 22.9 Å². The highest BCUT2D eigenvalue weighted by Gasteiger charge is 2.34. The first-order valence-corrected chi connectivity index (χ1v) is 9.06. The summed E-state index contributed by atoms with van der Waals surface area (Å²) >= 11 is 5.85. The number of hydrogen-bond acceptors (Lipinski definition) is 3. The minimum Gasteiger partial charge on any atom is -0.457 e. The fourth-order valence-corrected chi connectivity index (χ4v) is 2.81. The molecule has 0 aliphatic carbocycles. The maximum absolute atomic E-state index is 13.2. The van der Waals surface area contributed by atoms with E-state index in [2.05, 4.69) is 5.16 Å². The zero-order chi connectivity index (χ0) is 20.9. The number of oxime groups is 1. The lowest BCUT2D eigenvalue weighted by Gasteiger charge is -2.13. The molecular formula is C22H17ClF3NO2. The summed E-state index contributed by atoms with van der Waals surface area (Å²) in [4.78, 5) is 5.27. The van der Waals surface area contributed by atoms with E-state index < -0.39 is 11.7 Å². The summed E-state index contributed by atoms with van der Waals surface area (Å²) in [6, 6.07) is 19.8. The Labute approximate surface area is 171 Å². The second kappa shape index (κ2) is 9.01. The second-order valence-corrected chi connectivity index (χ2v) is 6.64. The van der Waals surface area contributed by atoms with Gasteiger partial charge in [-0.05, 0) is 55.0 Å². The zero-order valence-corrected chi connectivity index (χ0v) is 16.2. The van der Waals surface area contributed by atoms with Crippen molar-refractivity contribution in [2.24, 2.45) is 5.16 Å². The lowest BCUT2D eigenvalue weighted by molar-refractivity contribution is -0.137. The lowest BCUT2D eigenvalue weighted by Crippen LogP contribution is -2.12. The fraction of sp³-hybridized carbons (Fsp3) is 0.136. The SMILES string of the molecule is C/C(=N\OCc1cccc(Oc2ccccc2)c1)c1cc(Cl)ccc1C(F)(F)F. The number of halogens is 4. The molecule has 0 bridgehead atoms. The van der Waals surface area contributed by atoms with Gasteiger partial charge in [0.25, 0.3) is 0 Å². The van der Waals surface area contributed by atoms with E-state index in [4.69, 9.17) is 21.2 Å². The molecule has 7 heteroatoms. The molecule has 0 amide bonds. The summed E-state index contributed by atoms with van der Waals surface area (Å²) < 4.78 is 45.3. The standard InChI is InChI=1S/C22H17ClF3NO2/c1-15(20-13-17(23)10-11-21(20)22(24,25)26)27-28-14-16-6-5-9-19(12-16)29-18-7-3-2-4-8-18/h2-13H,14H2,1H3/b27-15+. The largest absolute Gasteiger partial charge is 0.457 e. The van der Waals surface area contributed by atoms with Crippen LogP contribution in [0.1, 0.15) is 23.6 Å². The van der Waals surface area contributed by atoms with E-state index in [1.165, 1.54) is 19.1 Å². The van der Waals surface area contributed by atoms with Gasteiger partial charge >= 0.3 is 6.18 Å². The predicted octanol–water partition coefficient (Wildman–Crippen LogP) is 7.09. The summed E-state index contributed by atoms with van der Waals surface area (Å²) in [6.45, 7) is 1.51. The van der Waals surface area contributed by atoms with Crippen LogP contribution in [0.15, 0.2) is 78.0 Å². The van der Waals surface area contributed by atoms with E-state index in [9.17, 15) is 13.2 Å². The number of benzene rings is 3.